The number of rotatable bonds is 82. The summed E-state index contributed by atoms with van der Waals surface area (Å²) in [6.45, 7) is 67.0. The van der Waals surface area contributed by atoms with Crippen LogP contribution < -0.4 is 0 Å². The van der Waals surface area contributed by atoms with Crippen LogP contribution in [-0.2, 0) is 133 Å². The second-order valence-electron chi connectivity index (χ2n) is 30.9. The van der Waals surface area contributed by atoms with Crippen molar-refractivity contribution in [2.24, 2.45) is 0 Å². The van der Waals surface area contributed by atoms with Crippen LogP contribution in [0.1, 0.15) is 187 Å². The summed E-state index contributed by atoms with van der Waals surface area (Å²) < 4.78 is 166. The molecular weight excluding hydrogens is 1440 g/mol. The summed E-state index contributed by atoms with van der Waals surface area (Å²) >= 11 is 0. The molecule has 0 aromatic rings. The van der Waals surface area contributed by atoms with Crippen LogP contribution in [0.3, 0.4) is 0 Å². The Bertz CT molecular complexity index is 2000. The van der Waals surface area contributed by atoms with Crippen molar-refractivity contribution in [2.45, 2.75) is 346 Å². The molecular formula is C83H168O28. The largest absolute Gasteiger partial charge is 0.382 e. The highest BCUT2D eigenvalue weighted by Gasteiger charge is 2.22. The lowest BCUT2D eigenvalue weighted by Crippen LogP contribution is -2.31. The van der Waals surface area contributed by atoms with Crippen LogP contribution in [0.25, 0.3) is 0 Å². The summed E-state index contributed by atoms with van der Waals surface area (Å²) in [4.78, 5) is 0. The van der Waals surface area contributed by atoms with E-state index in [9.17, 15) is 0 Å². The van der Waals surface area contributed by atoms with Crippen molar-refractivity contribution in [2.75, 3.05) is 199 Å². The fraction of sp³-hybridized carbons (Fsp3) is 1.00. The second-order valence-corrected chi connectivity index (χ2v) is 30.9. The van der Waals surface area contributed by atoms with Crippen LogP contribution in [0.4, 0.5) is 0 Å². The molecule has 0 radical (unpaired) electrons. The van der Waals surface area contributed by atoms with E-state index in [2.05, 4.69) is 0 Å². The standard InChI is InChI=1S/C83H168O28/c1-29-86-60(4)34-89-62(6)36-91-64(8)38-93-66(10)40-95-68(12)42-97-70(14)44-99-72(16)46-101-74(18)48-103-76(20)50-105-78(22)52-107-80(24)54-109-82(26)56-111-83(27)57-110-81(25)55-108-79(23)53-106-77(21)51-104-75(19)49-102-73(17)47-100-71(15)45-98-69(13)43-96-67(11)41-94-65(9)39-92-63(7)37-90-61(5)35-88-59(3)33-85-30-31-87-58(2)32-84-28/h58-83H,29-57H2,1-28H3. The van der Waals surface area contributed by atoms with Crippen molar-refractivity contribution in [3.63, 3.8) is 0 Å². The lowest BCUT2D eigenvalue weighted by molar-refractivity contribution is -0.118. The van der Waals surface area contributed by atoms with E-state index < -0.39 is 0 Å². The molecule has 0 saturated carbocycles. The Morgan fingerprint density at radius 1 is 0.126 bits per heavy atom. The van der Waals surface area contributed by atoms with E-state index in [1.807, 2.05) is 187 Å². The predicted octanol–water partition coefficient (Wildman–Crippen LogP) is 11.2. The summed E-state index contributed by atoms with van der Waals surface area (Å²) in [6, 6.07) is 0. The Morgan fingerprint density at radius 2 is 0.234 bits per heavy atom. The van der Waals surface area contributed by atoms with Gasteiger partial charge in [-0.1, -0.05) is 0 Å². The van der Waals surface area contributed by atoms with Crippen LogP contribution in [0.2, 0.25) is 0 Å². The average Bonchev–Trinajstić information content (AvgIpc) is 0.980. The van der Waals surface area contributed by atoms with Gasteiger partial charge in [-0.15, -0.1) is 0 Å². The third-order valence-corrected chi connectivity index (χ3v) is 16.6. The Kier molecular flexibility index (Phi) is 70.0. The highest BCUT2D eigenvalue weighted by atomic mass is 16.6. The molecule has 26 unspecified atom stereocenters. The lowest BCUT2D eigenvalue weighted by atomic mass is 10.3. The first kappa shape index (κ1) is 110. The maximum atomic E-state index is 6.05. The van der Waals surface area contributed by atoms with Gasteiger partial charge in [0.05, 0.1) is 344 Å². The molecule has 0 saturated heterocycles. The fourth-order valence-corrected chi connectivity index (χ4v) is 9.52. The highest BCUT2D eigenvalue weighted by Crippen LogP contribution is 2.13. The zero-order valence-corrected chi connectivity index (χ0v) is 74.9. The molecule has 0 spiro atoms. The normalized spacial score (nSPS) is 19.6. The molecule has 111 heavy (non-hydrogen) atoms. The van der Waals surface area contributed by atoms with Gasteiger partial charge in [0.15, 0.2) is 0 Å². The van der Waals surface area contributed by atoms with Crippen LogP contribution in [0, 0.1) is 0 Å². The third kappa shape index (κ3) is 70.4. The number of methoxy groups -OCH3 is 1. The zero-order valence-electron chi connectivity index (χ0n) is 74.9. The first-order chi connectivity index (χ1) is 52.7. The first-order valence-corrected chi connectivity index (χ1v) is 41.7. The first-order valence-electron chi connectivity index (χ1n) is 41.7. The Hall–Kier alpha value is -1.12. The van der Waals surface area contributed by atoms with Gasteiger partial charge >= 0.3 is 0 Å². The van der Waals surface area contributed by atoms with Gasteiger partial charge in [0.1, 0.15) is 0 Å². The quantitative estimate of drug-likeness (QED) is 0.0513. The van der Waals surface area contributed by atoms with Crippen molar-refractivity contribution in [3.8, 4) is 0 Å². The van der Waals surface area contributed by atoms with Crippen LogP contribution in [-0.4, -0.2) is 357 Å². The van der Waals surface area contributed by atoms with Crippen LogP contribution in [0.5, 0.6) is 0 Å². The van der Waals surface area contributed by atoms with E-state index in [1.165, 1.54) is 0 Å². The monoisotopic (exact) mass is 1610 g/mol. The maximum Gasteiger partial charge on any atom is 0.0781 e. The van der Waals surface area contributed by atoms with Gasteiger partial charge in [-0.3, -0.25) is 0 Å². The van der Waals surface area contributed by atoms with Gasteiger partial charge in [0.25, 0.3) is 0 Å². The fourth-order valence-electron chi connectivity index (χ4n) is 9.52. The molecule has 0 aromatic heterocycles. The molecule has 668 valence electrons. The van der Waals surface area contributed by atoms with E-state index in [-0.39, 0.29) is 159 Å². The Labute approximate surface area is 674 Å². The molecule has 26 atom stereocenters. The van der Waals surface area contributed by atoms with Crippen LogP contribution >= 0.6 is 0 Å². The molecule has 0 rings (SSSR count). The molecule has 0 aromatic carbocycles. The molecule has 0 fully saturated rings. The topological polar surface area (TPSA) is 258 Å². The summed E-state index contributed by atoms with van der Waals surface area (Å²) in [7, 11) is 1.66. The summed E-state index contributed by atoms with van der Waals surface area (Å²) in [5, 5.41) is 0. The van der Waals surface area contributed by atoms with E-state index in [0.717, 1.165) is 0 Å². The minimum Gasteiger partial charge on any atom is -0.382 e. The number of ether oxygens (including phenoxy) is 28. The van der Waals surface area contributed by atoms with E-state index in [4.69, 9.17) is 133 Å². The molecule has 0 aliphatic rings. The van der Waals surface area contributed by atoms with Gasteiger partial charge < -0.3 is 133 Å². The molecule has 0 N–H and O–H groups in total. The van der Waals surface area contributed by atoms with Gasteiger partial charge in [0, 0.05) is 13.7 Å². The summed E-state index contributed by atoms with van der Waals surface area (Å²) in [5.74, 6) is 0. The second kappa shape index (κ2) is 70.7. The Balaban J connectivity index is 4.06. The SMILES string of the molecule is CCOC(C)COC(C)COC(C)COC(C)COC(C)COC(C)COC(C)COC(C)COC(C)COC(C)COC(C)COC(C)COC(C)COC(C)COC(C)COC(C)COC(C)COC(C)COC(C)COC(C)COC(C)COC(C)COC(C)COC(C)COC(C)COCCOC(C)COC. The molecule has 0 bridgehead atoms. The summed E-state index contributed by atoms with van der Waals surface area (Å²) in [5.41, 5.74) is 0. The van der Waals surface area contributed by atoms with Crippen molar-refractivity contribution >= 4 is 0 Å². The molecule has 28 nitrogen and oxygen atoms in total. The molecule has 28 heteroatoms. The van der Waals surface area contributed by atoms with E-state index in [0.29, 0.717) is 192 Å². The van der Waals surface area contributed by atoms with Crippen LogP contribution in [0.15, 0.2) is 0 Å². The highest BCUT2D eigenvalue weighted by molar-refractivity contribution is 4.67. The molecule has 0 aliphatic heterocycles. The minimum atomic E-state index is -0.128. The molecule has 0 heterocycles. The minimum absolute atomic E-state index is 0.0255. The third-order valence-electron chi connectivity index (χ3n) is 16.6. The maximum absolute atomic E-state index is 6.05. The summed E-state index contributed by atoms with van der Waals surface area (Å²) in [6.07, 6.45) is -2.47. The Morgan fingerprint density at radius 3 is 0.351 bits per heavy atom. The van der Waals surface area contributed by atoms with Crippen molar-refractivity contribution in [1.29, 1.82) is 0 Å². The molecule has 0 amide bonds. The average molecular weight is 1610 g/mol. The van der Waals surface area contributed by atoms with Crippen molar-refractivity contribution in [3.05, 3.63) is 0 Å². The zero-order chi connectivity index (χ0) is 83.3. The molecule has 0 aliphatic carbocycles. The van der Waals surface area contributed by atoms with E-state index in [1.54, 1.807) is 7.11 Å². The van der Waals surface area contributed by atoms with Crippen molar-refractivity contribution < 1.29 is 133 Å². The van der Waals surface area contributed by atoms with Gasteiger partial charge in [-0.2, -0.15) is 0 Å². The van der Waals surface area contributed by atoms with Gasteiger partial charge in [0.2, 0.25) is 0 Å². The van der Waals surface area contributed by atoms with E-state index >= 15 is 0 Å². The lowest BCUT2D eigenvalue weighted by Gasteiger charge is -2.24. The van der Waals surface area contributed by atoms with Crippen molar-refractivity contribution in [1.82, 2.24) is 0 Å². The number of hydrogen-bond acceptors (Lipinski definition) is 28. The predicted molar refractivity (Wildman–Crippen MR) is 429 cm³/mol. The van der Waals surface area contributed by atoms with Gasteiger partial charge in [-0.25, -0.2) is 0 Å². The van der Waals surface area contributed by atoms with Gasteiger partial charge in [-0.05, 0) is 187 Å². The smallest absolute Gasteiger partial charge is 0.0781 e. The number of hydrogen-bond donors (Lipinski definition) is 0.